The van der Waals surface area contributed by atoms with E-state index >= 15 is 0 Å². The van der Waals surface area contributed by atoms with Crippen LogP contribution in [0.3, 0.4) is 0 Å². The van der Waals surface area contributed by atoms with Gasteiger partial charge in [0.15, 0.2) is 5.82 Å². The van der Waals surface area contributed by atoms with Crippen LogP contribution < -0.4 is 16.6 Å². The van der Waals surface area contributed by atoms with Gasteiger partial charge in [0.25, 0.3) is 5.56 Å². The van der Waals surface area contributed by atoms with Crippen LogP contribution in [0.5, 0.6) is 0 Å². The average Bonchev–Trinajstić information content (AvgIpc) is 2.24. The van der Waals surface area contributed by atoms with Crippen molar-refractivity contribution in [2.45, 2.75) is 32.4 Å². The molecule has 0 aromatic carbocycles. The Morgan fingerprint density at radius 3 is 3.00 bits per heavy atom. The molecule has 5 nitrogen and oxygen atoms in total. The Hall–Kier alpha value is -1.36. The van der Waals surface area contributed by atoms with E-state index in [0.717, 1.165) is 19.4 Å². The van der Waals surface area contributed by atoms with Crippen molar-refractivity contribution in [2.24, 2.45) is 11.7 Å². The SMILES string of the molecule is CCn1ccnc(NCC2CC(N)C2)c1=O. The zero-order valence-corrected chi connectivity index (χ0v) is 9.52. The van der Waals surface area contributed by atoms with Gasteiger partial charge in [-0.05, 0) is 25.7 Å². The first-order chi connectivity index (χ1) is 7.70. The second-order valence-corrected chi connectivity index (χ2v) is 4.35. The molecule has 5 heteroatoms. The van der Waals surface area contributed by atoms with Crippen LogP contribution in [0.4, 0.5) is 5.82 Å². The number of rotatable bonds is 4. The molecule has 3 N–H and O–H groups in total. The Labute approximate surface area is 94.7 Å². The second kappa shape index (κ2) is 4.65. The molecule has 88 valence electrons. The Morgan fingerprint density at radius 1 is 1.62 bits per heavy atom. The molecule has 2 rings (SSSR count). The highest BCUT2D eigenvalue weighted by atomic mass is 16.1. The van der Waals surface area contributed by atoms with E-state index in [4.69, 9.17) is 5.73 Å². The summed E-state index contributed by atoms with van der Waals surface area (Å²) in [6.45, 7) is 3.41. The van der Waals surface area contributed by atoms with Gasteiger partial charge in [-0.25, -0.2) is 4.98 Å². The summed E-state index contributed by atoms with van der Waals surface area (Å²) in [4.78, 5) is 15.9. The zero-order valence-electron chi connectivity index (χ0n) is 9.52. The second-order valence-electron chi connectivity index (χ2n) is 4.35. The van der Waals surface area contributed by atoms with Gasteiger partial charge in [-0.1, -0.05) is 0 Å². The molecule has 1 aliphatic rings. The summed E-state index contributed by atoms with van der Waals surface area (Å²) >= 11 is 0. The van der Waals surface area contributed by atoms with Gasteiger partial charge >= 0.3 is 0 Å². The molecule has 1 saturated carbocycles. The first-order valence-electron chi connectivity index (χ1n) is 5.75. The minimum Gasteiger partial charge on any atom is -0.365 e. The monoisotopic (exact) mass is 222 g/mol. The molecule has 1 aromatic rings. The number of nitrogens with two attached hydrogens (primary N) is 1. The van der Waals surface area contributed by atoms with E-state index in [1.165, 1.54) is 0 Å². The number of nitrogens with one attached hydrogen (secondary N) is 1. The van der Waals surface area contributed by atoms with Gasteiger partial charge in [-0.3, -0.25) is 4.79 Å². The lowest BCUT2D eigenvalue weighted by molar-refractivity contribution is 0.280. The smallest absolute Gasteiger partial charge is 0.293 e. The van der Waals surface area contributed by atoms with Crippen molar-refractivity contribution in [3.63, 3.8) is 0 Å². The molecule has 1 aromatic heterocycles. The molecule has 1 fully saturated rings. The van der Waals surface area contributed by atoms with Crippen LogP contribution in [0.25, 0.3) is 0 Å². The summed E-state index contributed by atoms with van der Waals surface area (Å²) in [6, 6.07) is 0.350. The molecule has 0 radical (unpaired) electrons. The molecule has 0 bridgehead atoms. The maximum Gasteiger partial charge on any atom is 0.293 e. The Kier molecular flexibility index (Phi) is 3.24. The predicted octanol–water partition coefficient (Wildman–Crippen LogP) is 0.412. The van der Waals surface area contributed by atoms with Gasteiger partial charge in [0.1, 0.15) is 0 Å². The zero-order chi connectivity index (χ0) is 11.5. The van der Waals surface area contributed by atoms with Crippen LogP contribution in [0.15, 0.2) is 17.2 Å². The van der Waals surface area contributed by atoms with E-state index in [1.807, 2.05) is 6.92 Å². The Balaban J connectivity index is 1.96. The van der Waals surface area contributed by atoms with Crippen LogP contribution in [0.2, 0.25) is 0 Å². The van der Waals surface area contributed by atoms with E-state index in [-0.39, 0.29) is 5.56 Å². The van der Waals surface area contributed by atoms with Crippen molar-refractivity contribution in [2.75, 3.05) is 11.9 Å². The fourth-order valence-corrected chi connectivity index (χ4v) is 2.01. The van der Waals surface area contributed by atoms with Gasteiger partial charge in [0.2, 0.25) is 0 Å². The fraction of sp³-hybridized carbons (Fsp3) is 0.636. The third kappa shape index (κ3) is 2.24. The van der Waals surface area contributed by atoms with Crippen molar-refractivity contribution < 1.29 is 0 Å². The molecular formula is C11H18N4O. The van der Waals surface area contributed by atoms with Gasteiger partial charge in [-0.2, -0.15) is 0 Å². The minimum absolute atomic E-state index is 0.0476. The standard InChI is InChI=1S/C11H18N4O/c1-2-15-4-3-13-10(11(15)16)14-7-8-5-9(12)6-8/h3-4,8-9H,2,5-7,12H2,1H3,(H,13,14). The summed E-state index contributed by atoms with van der Waals surface area (Å²) in [5.74, 6) is 1.04. The fourth-order valence-electron chi connectivity index (χ4n) is 2.01. The lowest BCUT2D eigenvalue weighted by atomic mass is 9.81. The molecule has 0 atom stereocenters. The highest BCUT2D eigenvalue weighted by Crippen LogP contribution is 2.25. The van der Waals surface area contributed by atoms with Crippen LogP contribution in [-0.2, 0) is 6.54 Å². The Bertz CT molecular complexity index is 409. The Morgan fingerprint density at radius 2 is 2.38 bits per heavy atom. The maximum atomic E-state index is 11.8. The number of hydrogen-bond acceptors (Lipinski definition) is 4. The summed E-state index contributed by atoms with van der Waals surface area (Å²) in [7, 11) is 0. The van der Waals surface area contributed by atoms with Crippen molar-refractivity contribution in [3.05, 3.63) is 22.7 Å². The van der Waals surface area contributed by atoms with E-state index < -0.39 is 0 Å². The highest BCUT2D eigenvalue weighted by molar-refractivity contribution is 5.30. The van der Waals surface area contributed by atoms with Crippen LogP contribution in [-0.4, -0.2) is 22.1 Å². The maximum absolute atomic E-state index is 11.8. The number of aryl methyl sites for hydroxylation is 1. The van der Waals surface area contributed by atoms with Crippen molar-refractivity contribution in [1.82, 2.24) is 9.55 Å². The molecule has 0 aliphatic heterocycles. The van der Waals surface area contributed by atoms with Gasteiger partial charge in [0.05, 0.1) is 0 Å². The number of nitrogens with zero attached hydrogens (tertiary/aromatic N) is 2. The minimum atomic E-state index is -0.0476. The molecule has 16 heavy (non-hydrogen) atoms. The van der Waals surface area contributed by atoms with Gasteiger partial charge < -0.3 is 15.6 Å². The number of hydrogen-bond donors (Lipinski definition) is 2. The normalized spacial score (nSPS) is 23.9. The van der Waals surface area contributed by atoms with E-state index in [2.05, 4.69) is 10.3 Å². The van der Waals surface area contributed by atoms with Gasteiger partial charge in [0, 0.05) is 31.5 Å². The molecule has 0 saturated heterocycles. The first-order valence-corrected chi connectivity index (χ1v) is 5.75. The lowest BCUT2D eigenvalue weighted by Gasteiger charge is -2.32. The van der Waals surface area contributed by atoms with E-state index in [1.54, 1.807) is 17.0 Å². The summed E-state index contributed by atoms with van der Waals surface area (Å²) in [5, 5.41) is 3.11. The van der Waals surface area contributed by atoms with E-state index in [0.29, 0.717) is 24.3 Å². The third-order valence-electron chi connectivity index (χ3n) is 3.08. The van der Waals surface area contributed by atoms with Crippen molar-refractivity contribution in [3.8, 4) is 0 Å². The molecule has 0 unspecified atom stereocenters. The average molecular weight is 222 g/mol. The topological polar surface area (TPSA) is 72.9 Å². The number of aromatic nitrogens is 2. The molecule has 1 aliphatic carbocycles. The quantitative estimate of drug-likeness (QED) is 0.774. The van der Waals surface area contributed by atoms with Crippen LogP contribution >= 0.6 is 0 Å². The number of anilines is 1. The van der Waals surface area contributed by atoms with Gasteiger partial charge in [-0.15, -0.1) is 0 Å². The van der Waals surface area contributed by atoms with Crippen LogP contribution in [0.1, 0.15) is 19.8 Å². The summed E-state index contributed by atoms with van der Waals surface area (Å²) < 4.78 is 1.64. The van der Waals surface area contributed by atoms with E-state index in [9.17, 15) is 4.79 Å². The lowest BCUT2D eigenvalue weighted by Crippen LogP contribution is -2.40. The summed E-state index contributed by atoms with van der Waals surface area (Å²) in [6.07, 6.45) is 5.44. The molecule has 0 spiro atoms. The largest absolute Gasteiger partial charge is 0.365 e. The van der Waals surface area contributed by atoms with Crippen molar-refractivity contribution >= 4 is 5.82 Å². The van der Waals surface area contributed by atoms with Crippen LogP contribution in [0, 0.1) is 5.92 Å². The molecular weight excluding hydrogens is 204 g/mol. The predicted molar refractivity (Wildman–Crippen MR) is 63.4 cm³/mol. The highest BCUT2D eigenvalue weighted by Gasteiger charge is 2.25. The summed E-state index contributed by atoms with van der Waals surface area (Å²) in [5.41, 5.74) is 5.66. The molecule has 1 heterocycles. The third-order valence-corrected chi connectivity index (χ3v) is 3.08. The van der Waals surface area contributed by atoms with Crippen molar-refractivity contribution in [1.29, 1.82) is 0 Å². The first kappa shape index (κ1) is 11.1. The molecule has 0 amide bonds.